The molecule has 0 saturated carbocycles. The van der Waals surface area contributed by atoms with E-state index in [1.807, 2.05) is 72.8 Å². The molecule has 0 aliphatic carbocycles. The zero-order valence-electron chi connectivity index (χ0n) is 29.7. The number of alkyl halides is 6. The van der Waals surface area contributed by atoms with Gasteiger partial charge in [0.1, 0.15) is 6.04 Å². The fourth-order valence-electron chi connectivity index (χ4n) is 6.46. The first kappa shape index (κ1) is 39.0. The summed E-state index contributed by atoms with van der Waals surface area (Å²) in [6.45, 7) is 2.11. The van der Waals surface area contributed by atoms with Crippen LogP contribution in [0.1, 0.15) is 33.4 Å². The minimum Gasteiger partial charge on any atom is -0.338 e. The molecular weight excluding hydrogens is 718 g/mol. The molecule has 0 spiro atoms. The predicted octanol–water partition coefficient (Wildman–Crippen LogP) is 8.78. The third-order valence-electron chi connectivity index (χ3n) is 9.51. The van der Waals surface area contributed by atoms with Gasteiger partial charge >= 0.3 is 12.4 Å². The average molecular weight is 757 g/mol. The van der Waals surface area contributed by atoms with E-state index in [1.54, 1.807) is 11.1 Å². The molecule has 284 valence electrons. The number of carbonyl (C=O) groups is 2. The largest absolute Gasteiger partial charge is 0.416 e. The van der Waals surface area contributed by atoms with E-state index in [-0.39, 0.29) is 18.9 Å². The van der Waals surface area contributed by atoms with E-state index in [4.69, 9.17) is 0 Å². The van der Waals surface area contributed by atoms with Crippen LogP contribution in [-0.4, -0.2) is 63.7 Å². The maximum atomic E-state index is 14.5. The fourth-order valence-corrected chi connectivity index (χ4v) is 6.46. The minimum absolute atomic E-state index is 0.0653. The van der Waals surface area contributed by atoms with Gasteiger partial charge in [-0.25, -0.2) is 0 Å². The van der Waals surface area contributed by atoms with Crippen molar-refractivity contribution in [2.45, 2.75) is 37.9 Å². The van der Waals surface area contributed by atoms with Crippen molar-refractivity contribution in [3.63, 3.8) is 0 Å². The molecule has 6 nitrogen and oxygen atoms in total. The molecule has 55 heavy (non-hydrogen) atoms. The first-order chi connectivity index (χ1) is 26.3. The summed E-state index contributed by atoms with van der Waals surface area (Å²) in [4.78, 5) is 38.4. The van der Waals surface area contributed by atoms with Crippen LogP contribution in [0, 0.1) is 0 Å². The Labute approximate surface area is 315 Å². The highest BCUT2D eigenvalue weighted by molar-refractivity contribution is 5.95. The van der Waals surface area contributed by atoms with Crippen molar-refractivity contribution < 1.29 is 35.9 Å². The Hall–Kier alpha value is -5.75. The molecule has 1 aliphatic rings. The van der Waals surface area contributed by atoms with Crippen LogP contribution >= 0.6 is 0 Å². The van der Waals surface area contributed by atoms with Crippen molar-refractivity contribution in [3.8, 4) is 11.3 Å². The van der Waals surface area contributed by atoms with Crippen LogP contribution < -0.4 is 0 Å². The third-order valence-corrected chi connectivity index (χ3v) is 9.51. The maximum absolute atomic E-state index is 14.5. The first-order valence-electron chi connectivity index (χ1n) is 17.7. The SMILES string of the molecule is O=C(C(Cc1ccccc1)N(Cc1ccc(-c2ccccn2)cc1)C(=O)C=Cc1ccc(C(F)(F)F)cc1)N1CCN(Cc2ccc(C(F)(F)F)cc2)CC1. The molecule has 0 bridgehead atoms. The first-order valence-corrected chi connectivity index (χ1v) is 17.7. The number of piperazine rings is 1. The number of aromatic nitrogens is 1. The Bertz CT molecular complexity index is 2040. The molecule has 2 amide bonds. The molecule has 1 unspecified atom stereocenters. The van der Waals surface area contributed by atoms with Gasteiger partial charge in [-0.1, -0.05) is 84.9 Å². The Morgan fingerprint density at radius 2 is 1.25 bits per heavy atom. The van der Waals surface area contributed by atoms with Gasteiger partial charge in [-0.3, -0.25) is 19.5 Å². The van der Waals surface area contributed by atoms with Crippen molar-refractivity contribution >= 4 is 17.9 Å². The Morgan fingerprint density at radius 3 is 1.84 bits per heavy atom. The summed E-state index contributed by atoms with van der Waals surface area (Å²) in [5, 5.41) is 0. The molecule has 0 radical (unpaired) electrons. The number of amides is 2. The lowest BCUT2D eigenvalue weighted by molar-refractivity contribution is -0.145. The van der Waals surface area contributed by atoms with Gasteiger partial charge in [-0.15, -0.1) is 0 Å². The van der Waals surface area contributed by atoms with E-state index >= 15 is 0 Å². The van der Waals surface area contributed by atoms with Gasteiger partial charge in [0.25, 0.3) is 0 Å². The Morgan fingerprint density at radius 1 is 0.673 bits per heavy atom. The minimum atomic E-state index is -4.50. The molecule has 12 heteroatoms. The van der Waals surface area contributed by atoms with E-state index in [9.17, 15) is 35.9 Å². The molecule has 0 N–H and O–H groups in total. The zero-order chi connectivity index (χ0) is 39.0. The summed E-state index contributed by atoms with van der Waals surface area (Å²) in [7, 11) is 0. The average Bonchev–Trinajstić information content (AvgIpc) is 3.19. The van der Waals surface area contributed by atoms with Crippen LogP contribution in [0.25, 0.3) is 17.3 Å². The number of hydrogen-bond donors (Lipinski definition) is 0. The highest BCUT2D eigenvalue weighted by Gasteiger charge is 2.35. The molecule has 6 rings (SSSR count). The van der Waals surface area contributed by atoms with Gasteiger partial charge in [0.05, 0.1) is 16.8 Å². The lowest BCUT2D eigenvalue weighted by Gasteiger charge is -2.39. The van der Waals surface area contributed by atoms with E-state index in [1.165, 1.54) is 41.3 Å². The van der Waals surface area contributed by atoms with Gasteiger partial charge in [0.2, 0.25) is 11.8 Å². The van der Waals surface area contributed by atoms with Gasteiger partial charge < -0.3 is 9.80 Å². The summed E-state index contributed by atoms with van der Waals surface area (Å²) in [5.41, 5.74) is 2.82. The van der Waals surface area contributed by atoms with Crippen molar-refractivity contribution in [3.05, 3.63) is 167 Å². The summed E-state index contributed by atoms with van der Waals surface area (Å²) in [6, 6.07) is 31.0. The number of hydrogen-bond acceptors (Lipinski definition) is 4. The van der Waals surface area contributed by atoms with Gasteiger partial charge in [0.15, 0.2) is 0 Å². The summed E-state index contributed by atoms with van der Waals surface area (Å²) in [6.07, 6.45) is -4.31. The number of nitrogens with zero attached hydrogens (tertiary/aromatic N) is 4. The quantitative estimate of drug-likeness (QED) is 0.1000. The van der Waals surface area contributed by atoms with Crippen molar-refractivity contribution in [1.82, 2.24) is 19.7 Å². The van der Waals surface area contributed by atoms with Crippen LogP contribution in [0.15, 0.2) is 134 Å². The second kappa shape index (κ2) is 17.2. The smallest absolute Gasteiger partial charge is 0.338 e. The summed E-state index contributed by atoms with van der Waals surface area (Å²) in [5.74, 6) is -0.761. The molecule has 5 aromatic rings. The highest BCUT2D eigenvalue weighted by atomic mass is 19.4. The Balaban J connectivity index is 1.25. The van der Waals surface area contributed by atoms with Crippen LogP contribution in [0.3, 0.4) is 0 Å². The molecule has 1 atom stereocenters. The highest BCUT2D eigenvalue weighted by Crippen LogP contribution is 2.30. The maximum Gasteiger partial charge on any atom is 0.416 e. The lowest BCUT2D eigenvalue weighted by atomic mass is 10.0. The van der Waals surface area contributed by atoms with Gasteiger partial charge in [-0.05, 0) is 64.7 Å². The zero-order valence-corrected chi connectivity index (χ0v) is 29.7. The molecule has 2 heterocycles. The van der Waals surface area contributed by atoms with E-state index in [2.05, 4.69) is 9.88 Å². The number of benzene rings is 4. The van der Waals surface area contributed by atoms with Gasteiger partial charge in [-0.2, -0.15) is 26.3 Å². The fraction of sp³-hybridized carbons (Fsp3) is 0.233. The second-order valence-corrected chi connectivity index (χ2v) is 13.3. The lowest BCUT2D eigenvalue weighted by Crippen LogP contribution is -2.56. The number of carbonyl (C=O) groups excluding carboxylic acids is 2. The molecule has 1 saturated heterocycles. The van der Waals surface area contributed by atoms with Crippen LogP contribution in [-0.2, 0) is 41.5 Å². The van der Waals surface area contributed by atoms with E-state index in [0.29, 0.717) is 38.3 Å². The van der Waals surface area contributed by atoms with Crippen LogP contribution in [0.5, 0.6) is 0 Å². The molecule has 4 aromatic carbocycles. The van der Waals surface area contributed by atoms with Crippen molar-refractivity contribution in [2.24, 2.45) is 0 Å². The normalized spacial score (nSPS) is 14.5. The second-order valence-electron chi connectivity index (χ2n) is 13.3. The number of halogens is 6. The van der Waals surface area contributed by atoms with Gasteiger partial charge in [0, 0.05) is 63.5 Å². The molecular formula is C43H38F6N4O2. The van der Waals surface area contributed by atoms with E-state index < -0.39 is 35.4 Å². The Kier molecular flexibility index (Phi) is 12.1. The van der Waals surface area contributed by atoms with Crippen LogP contribution in [0.4, 0.5) is 26.3 Å². The van der Waals surface area contributed by atoms with Crippen molar-refractivity contribution in [2.75, 3.05) is 26.2 Å². The summed E-state index contributed by atoms with van der Waals surface area (Å²) >= 11 is 0. The standard InChI is InChI=1S/C43H38F6N4O2/c44-42(45,46)36-18-11-31(12-19-36)15-22-40(54)53(30-34-9-16-35(17-10-34)38-8-4-5-23-50-38)39(28-32-6-2-1-3-7-32)41(55)52-26-24-51(25-27-52)29-33-13-20-37(21-14-33)43(47,48)49/h1-23,39H,24-30H2. The number of rotatable bonds is 11. The monoisotopic (exact) mass is 756 g/mol. The molecule has 1 aliphatic heterocycles. The number of pyridine rings is 1. The molecule has 1 fully saturated rings. The third kappa shape index (κ3) is 10.5. The summed E-state index contributed by atoms with van der Waals surface area (Å²) < 4.78 is 78.7. The topological polar surface area (TPSA) is 56.8 Å². The predicted molar refractivity (Wildman–Crippen MR) is 198 cm³/mol. The van der Waals surface area contributed by atoms with Crippen LogP contribution in [0.2, 0.25) is 0 Å². The molecule has 1 aromatic heterocycles. The van der Waals surface area contributed by atoms with Crippen molar-refractivity contribution in [1.29, 1.82) is 0 Å². The van der Waals surface area contributed by atoms with E-state index in [0.717, 1.165) is 52.2 Å².